The van der Waals surface area contributed by atoms with Crippen molar-refractivity contribution in [3.8, 4) is 23.5 Å². The smallest absolute Gasteiger partial charge is 0.174 e. The topological polar surface area (TPSA) is 128 Å². The van der Waals surface area contributed by atoms with E-state index in [2.05, 4.69) is 21.4 Å². The number of hydrogen-bond acceptors (Lipinski definition) is 6. The van der Waals surface area contributed by atoms with Gasteiger partial charge in [0.25, 0.3) is 0 Å². The van der Waals surface area contributed by atoms with Crippen LogP contribution in [0.3, 0.4) is 0 Å². The van der Waals surface area contributed by atoms with Crippen LogP contribution in [0, 0.1) is 22.7 Å². The Morgan fingerprint density at radius 3 is 2.70 bits per heavy atom. The van der Waals surface area contributed by atoms with Gasteiger partial charge in [0, 0.05) is 5.56 Å². The Labute approximate surface area is 153 Å². The Bertz CT molecular complexity index is 1250. The second-order valence-corrected chi connectivity index (χ2v) is 5.79. The second-order valence-electron chi connectivity index (χ2n) is 5.79. The Morgan fingerprint density at radius 2 is 1.96 bits per heavy atom. The molecule has 0 amide bonds. The zero-order chi connectivity index (χ0) is 18.8. The van der Waals surface area contributed by atoms with Gasteiger partial charge in [-0.25, -0.2) is 0 Å². The lowest BCUT2D eigenvalue weighted by atomic mass is 10.0. The first-order chi connectivity index (χ1) is 13.2. The minimum atomic E-state index is 0.0644. The van der Waals surface area contributed by atoms with E-state index in [0.717, 1.165) is 16.5 Å². The van der Waals surface area contributed by atoms with Crippen LogP contribution in [0.1, 0.15) is 16.8 Å². The van der Waals surface area contributed by atoms with E-state index in [4.69, 9.17) is 10.3 Å². The number of benzene rings is 2. The number of anilines is 1. The number of aromatic amines is 1. The number of H-pyrrole nitrogens is 1. The summed E-state index contributed by atoms with van der Waals surface area (Å²) in [6.07, 6.45) is 1.66. The molecule has 27 heavy (non-hydrogen) atoms. The Kier molecular flexibility index (Phi) is 3.89. The van der Waals surface area contributed by atoms with Crippen LogP contribution >= 0.6 is 0 Å². The van der Waals surface area contributed by atoms with Crippen molar-refractivity contribution < 1.29 is 4.52 Å². The minimum Gasteiger partial charge on any atom is -0.381 e. The summed E-state index contributed by atoms with van der Waals surface area (Å²) in [6, 6.07) is 19.2. The van der Waals surface area contributed by atoms with Crippen molar-refractivity contribution in [3.05, 3.63) is 65.4 Å². The maximum Gasteiger partial charge on any atom is 0.174 e. The van der Waals surface area contributed by atoms with Crippen LogP contribution in [0.2, 0.25) is 0 Å². The summed E-state index contributed by atoms with van der Waals surface area (Å²) in [5, 5.41) is 30.1. The van der Waals surface area contributed by atoms with Crippen molar-refractivity contribution in [2.24, 2.45) is 0 Å². The van der Waals surface area contributed by atoms with Crippen LogP contribution < -0.4 is 5.73 Å². The number of hydrogen-bond donors (Lipinski definition) is 2. The van der Waals surface area contributed by atoms with Gasteiger partial charge in [-0.2, -0.15) is 15.6 Å². The molecule has 0 saturated heterocycles. The average molecular weight is 352 g/mol. The fourth-order valence-electron chi connectivity index (χ4n) is 2.84. The first-order valence-corrected chi connectivity index (χ1v) is 8.02. The zero-order valence-electron chi connectivity index (χ0n) is 14.0. The van der Waals surface area contributed by atoms with Gasteiger partial charge in [-0.1, -0.05) is 41.6 Å². The number of nitrogens with zero attached hydrogens (tertiary/aromatic N) is 4. The van der Waals surface area contributed by atoms with Crippen molar-refractivity contribution in [1.82, 2.24) is 15.4 Å². The van der Waals surface area contributed by atoms with Gasteiger partial charge in [-0.05, 0) is 23.8 Å². The summed E-state index contributed by atoms with van der Waals surface area (Å²) in [4.78, 5) is 0. The summed E-state index contributed by atoms with van der Waals surface area (Å²) in [6.45, 7) is 0. The van der Waals surface area contributed by atoms with Crippen molar-refractivity contribution in [1.29, 1.82) is 10.5 Å². The number of nitrogen functional groups attached to an aromatic ring is 1. The van der Waals surface area contributed by atoms with Crippen LogP contribution in [-0.4, -0.2) is 15.4 Å². The first-order valence-electron chi connectivity index (χ1n) is 8.02. The molecule has 3 N–H and O–H groups in total. The molecule has 2 aromatic heterocycles. The lowest BCUT2D eigenvalue weighted by Crippen LogP contribution is -1.90. The van der Waals surface area contributed by atoms with Crippen molar-refractivity contribution in [3.63, 3.8) is 0 Å². The molecule has 7 heteroatoms. The highest BCUT2D eigenvalue weighted by atomic mass is 16.5. The number of nitrogens with one attached hydrogen (secondary N) is 1. The molecule has 0 fully saturated rings. The van der Waals surface area contributed by atoms with E-state index < -0.39 is 0 Å². The fourth-order valence-corrected chi connectivity index (χ4v) is 2.84. The summed E-state index contributed by atoms with van der Waals surface area (Å²) in [7, 11) is 0. The number of rotatable bonds is 3. The molecule has 0 unspecified atom stereocenters. The molecular weight excluding hydrogens is 340 g/mol. The van der Waals surface area contributed by atoms with Gasteiger partial charge in [0.05, 0.1) is 16.7 Å². The van der Waals surface area contributed by atoms with E-state index in [0.29, 0.717) is 17.0 Å². The third kappa shape index (κ3) is 2.80. The second kappa shape index (κ2) is 6.51. The molecule has 0 bridgehead atoms. The third-order valence-electron chi connectivity index (χ3n) is 4.14. The molecule has 2 aromatic carbocycles. The number of fused-ring (bicyclic) bond motifs is 1. The van der Waals surface area contributed by atoms with Gasteiger partial charge in [-0.3, -0.25) is 5.10 Å². The van der Waals surface area contributed by atoms with E-state index in [1.165, 1.54) is 0 Å². The SMILES string of the molecule is N#C/C(=C\c1ccc2noc(-c3ccccc3)c2c1)c1[nH]nc(N)c1C#N. The molecule has 0 atom stereocenters. The first kappa shape index (κ1) is 16.1. The highest BCUT2D eigenvalue weighted by Crippen LogP contribution is 2.30. The van der Waals surface area contributed by atoms with Gasteiger partial charge < -0.3 is 10.3 Å². The largest absolute Gasteiger partial charge is 0.381 e. The van der Waals surface area contributed by atoms with Gasteiger partial charge >= 0.3 is 0 Å². The molecular formula is C20H12N6O. The van der Waals surface area contributed by atoms with E-state index >= 15 is 0 Å². The quantitative estimate of drug-likeness (QED) is 0.540. The predicted molar refractivity (Wildman–Crippen MR) is 101 cm³/mol. The number of allylic oxidation sites excluding steroid dienone is 1. The number of nitriles is 2. The molecule has 0 saturated carbocycles. The van der Waals surface area contributed by atoms with Crippen LogP contribution in [0.4, 0.5) is 5.82 Å². The van der Waals surface area contributed by atoms with Gasteiger partial charge in [0.1, 0.15) is 23.2 Å². The van der Waals surface area contributed by atoms with Crippen LogP contribution in [-0.2, 0) is 0 Å². The summed E-state index contributed by atoms with van der Waals surface area (Å²) in [5.41, 5.74) is 8.75. The molecule has 4 aromatic rings. The molecule has 128 valence electrons. The third-order valence-corrected chi connectivity index (χ3v) is 4.14. The van der Waals surface area contributed by atoms with Crippen molar-refractivity contribution >= 4 is 28.4 Å². The Hall–Kier alpha value is -4.36. The van der Waals surface area contributed by atoms with E-state index in [1.807, 2.05) is 54.6 Å². The highest BCUT2D eigenvalue weighted by Gasteiger charge is 2.15. The van der Waals surface area contributed by atoms with Gasteiger partial charge in [0.15, 0.2) is 11.6 Å². The van der Waals surface area contributed by atoms with Crippen molar-refractivity contribution in [2.45, 2.75) is 0 Å². The van der Waals surface area contributed by atoms with E-state index in [-0.39, 0.29) is 17.0 Å². The lowest BCUT2D eigenvalue weighted by molar-refractivity contribution is 0.441. The maximum absolute atomic E-state index is 9.53. The molecule has 2 heterocycles. The van der Waals surface area contributed by atoms with Gasteiger partial charge in [0.2, 0.25) is 0 Å². The van der Waals surface area contributed by atoms with E-state index in [9.17, 15) is 10.5 Å². The summed E-state index contributed by atoms with van der Waals surface area (Å²) in [5.74, 6) is 0.720. The fraction of sp³-hybridized carbons (Fsp3) is 0. The average Bonchev–Trinajstić information content (AvgIpc) is 3.29. The molecule has 0 radical (unpaired) electrons. The van der Waals surface area contributed by atoms with Gasteiger partial charge in [-0.15, -0.1) is 0 Å². The molecule has 4 rings (SSSR count). The molecule has 0 aliphatic heterocycles. The lowest BCUT2D eigenvalue weighted by Gasteiger charge is -1.99. The molecule has 7 nitrogen and oxygen atoms in total. The molecule has 0 spiro atoms. The predicted octanol–water partition coefficient (Wildman–Crippen LogP) is 3.74. The number of nitrogens with two attached hydrogens (primary N) is 1. The van der Waals surface area contributed by atoms with Crippen LogP contribution in [0.5, 0.6) is 0 Å². The van der Waals surface area contributed by atoms with Crippen LogP contribution in [0.25, 0.3) is 33.9 Å². The monoisotopic (exact) mass is 352 g/mol. The zero-order valence-corrected chi connectivity index (χ0v) is 14.0. The van der Waals surface area contributed by atoms with E-state index in [1.54, 1.807) is 6.08 Å². The number of aromatic nitrogens is 3. The summed E-state index contributed by atoms with van der Waals surface area (Å²) < 4.78 is 5.50. The molecule has 0 aliphatic rings. The minimum absolute atomic E-state index is 0.0644. The van der Waals surface area contributed by atoms with Crippen molar-refractivity contribution in [2.75, 3.05) is 5.73 Å². The normalized spacial score (nSPS) is 11.3. The van der Waals surface area contributed by atoms with Crippen LogP contribution in [0.15, 0.2) is 53.1 Å². The molecule has 0 aliphatic carbocycles. The summed E-state index contributed by atoms with van der Waals surface area (Å²) >= 11 is 0. The Morgan fingerprint density at radius 1 is 1.15 bits per heavy atom. The highest BCUT2D eigenvalue weighted by molar-refractivity contribution is 5.96. The maximum atomic E-state index is 9.53. The Balaban J connectivity index is 1.83. The standard InChI is InChI=1S/C20H12N6O/c21-10-14(18-16(11-22)20(23)25-24-18)8-12-6-7-17-15(9-12)19(27-26-17)13-4-2-1-3-5-13/h1-9H,(H3,23,24,25)/b14-8+.